The maximum Gasteiger partial charge on any atom is 0.332 e. The highest BCUT2D eigenvalue weighted by atomic mass is 16.2. The summed E-state index contributed by atoms with van der Waals surface area (Å²) in [6.07, 6.45) is 1.76. The van der Waals surface area contributed by atoms with Crippen LogP contribution < -0.4 is 11.2 Å². The number of rotatable bonds is 2. The van der Waals surface area contributed by atoms with Crippen LogP contribution in [0.2, 0.25) is 0 Å². The average Bonchev–Trinajstić information content (AvgIpc) is 2.96. The number of imidazole rings is 2. The first kappa shape index (κ1) is 14.3. The molecule has 0 saturated heterocycles. The van der Waals surface area contributed by atoms with Crippen LogP contribution in [0.4, 0.5) is 0 Å². The minimum atomic E-state index is -0.429. The maximum absolute atomic E-state index is 12.4. The number of fused-ring (bicyclic) bond motifs is 3. The highest BCUT2D eigenvalue weighted by Gasteiger charge is 2.22. The van der Waals surface area contributed by atoms with Gasteiger partial charge in [-0.1, -0.05) is 0 Å². The van der Waals surface area contributed by atoms with Crippen molar-refractivity contribution in [3.05, 3.63) is 32.7 Å². The average molecular weight is 303 g/mol. The number of carbonyl (C=O) groups excluding carboxylic acids is 1. The van der Waals surface area contributed by atoms with Gasteiger partial charge in [0.1, 0.15) is 0 Å². The molecule has 0 saturated carbocycles. The summed E-state index contributed by atoms with van der Waals surface area (Å²) in [5.41, 5.74) is 0.632. The van der Waals surface area contributed by atoms with Crippen LogP contribution in [0.5, 0.6) is 0 Å². The predicted molar refractivity (Wildman–Crippen MR) is 81.3 cm³/mol. The van der Waals surface area contributed by atoms with Crippen molar-refractivity contribution in [1.29, 1.82) is 0 Å². The number of ketones is 1. The van der Waals surface area contributed by atoms with E-state index >= 15 is 0 Å². The molecule has 0 aliphatic carbocycles. The summed E-state index contributed by atoms with van der Waals surface area (Å²) in [6, 6.07) is -0.393. The zero-order valence-electron chi connectivity index (χ0n) is 13.1. The molecular weight excluding hydrogens is 286 g/mol. The first-order chi connectivity index (χ1) is 10.3. The van der Waals surface area contributed by atoms with Crippen LogP contribution >= 0.6 is 0 Å². The molecule has 0 fully saturated rings. The van der Waals surface area contributed by atoms with Gasteiger partial charge >= 0.3 is 5.69 Å². The normalized spacial score (nSPS) is 13.1. The van der Waals surface area contributed by atoms with Crippen LogP contribution in [0.15, 0.2) is 15.8 Å². The molecule has 0 aliphatic rings. The number of hydrogen-bond acceptors (Lipinski definition) is 4. The minimum absolute atomic E-state index is 0.00459. The van der Waals surface area contributed by atoms with Crippen LogP contribution in [0.1, 0.15) is 25.6 Å². The van der Waals surface area contributed by atoms with Crippen molar-refractivity contribution in [1.82, 2.24) is 23.1 Å². The molecular formula is C14H17N5O3. The van der Waals surface area contributed by atoms with E-state index < -0.39 is 17.3 Å². The summed E-state index contributed by atoms with van der Waals surface area (Å²) in [7, 11) is 3.01. The molecule has 0 aliphatic heterocycles. The first-order valence-electron chi connectivity index (χ1n) is 6.91. The Morgan fingerprint density at radius 1 is 1.23 bits per heavy atom. The third-order valence-corrected chi connectivity index (χ3v) is 4.16. The zero-order valence-corrected chi connectivity index (χ0v) is 13.1. The van der Waals surface area contributed by atoms with E-state index in [-0.39, 0.29) is 5.78 Å². The number of nitrogens with zero attached hydrogens (tertiary/aromatic N) is 5. The number of Topliss-reactive ketones (excluding diaryl/α,β-unsaturated/α-hetero) is 1. The van der Waals surface area contributed by atoms with E-state index in [4.69, 9.17) is 0 Å². The molecule has 0 aromatic carbocycles. The van der Waals surface area contributed by atoms with Gasteiger partial charge in [0.15, 0.2) is 16.9 Å². The summed E-state index contributed by atoms with van der Waals surface area (Å²) < 4.78 is 5.80. The van der Waals surface area contributed by atoms with Gasteiger partial charge in [-0.15, -0.1) is 0 Å². The van der Waals surface area contributed by atoms with E-state index in [1.165, 1.54) is 18.5 Å². The fourth-order valence-electron chi connectivity index (χ4n) is 2.76. The topological polar surface area (TPSA) is 83.3 Å². The molecule has 3 rings (SSSR count). The summed E-state index contributed by atoms with van der Waals surface area (Å²) in [5.74, 6) is 0.476. The molecule has 3 aromatic heterocycles. The molecule has 8 nitrogen and oxygen atoms in total. The molecule has 3 heterocycles. The van der Waals surface area contributed by atoms with Gasteiger partial charge in [-0.05, 0) is 20.8 Å². The van der Waals surface area contributed by atoms with Crippen LogP contribution in [-0.2, 0) is 18.9 Å². The molecule has 3 aromatic rings. The van der Waals surface area contributed by atoms with Crippen molar-refractivity contribution >= 4 is 22.7 Å². The minimum Gasteiger partial charge on any atom is -0.304 e. The van der Waals surface area contributed by atoms with Crippen molar-refractivity contribution in [2.24, 2.45) is 14.1 Å². The van der Waals surface area contributed by atoms with Crippen molar-refractivity contribution in [2.75, 3.05) is 0 Å². The first-order valence-corrected chi connectivity index (χ1v) is 6.91. The maximum atomic E-state index is 12.4. The fourth-order valence-corrected chi connectivity index (χ4v) is 2.76. The summed E-state index contributed by atoms with van der Waals surface area (Å²) >= 11 is 0. The van der Waals surface area contributed by atoms with Crippen LogP contribution in [0, 0.1) is 6.92 Å². The van der Waals surface area contributed by atoms with Gasteiger partial charge in [-0.2, -0.15) is 4.98 Å². The van der Waals surface area contributed by atoms with Gasteiger partial charge in [-0.3, -0.25) is 23.1 Å². The molecule has 0 unspecified atom stereocenters. The Hall–Kier alpha value is -2.64. The zero-order chi connectivity index (χ0) is 16.3. The molecule has 0 N–H and O–H groups in total. The second kappa shape index (κ2) is 4.43. The summed E-state index contributed by atoms with van der Waals surface area (Å²) in [4.78, 5) is 40.6. The third kappa shape index (κ3) is 1.63. The smallest absolute Gasteiger partial charge is 0.304 e. The van der Waals surface area contributed by atoms with Crippen LogP contribution in [0.3, 0.4) is 0 Å². The van der Waals surface area contributed by atoms with E-state index in [1.54, 1.807) is 29.1 Å². The Kier molecular flexibility index (Phi) is 2.88. The predicted octanol–water partition coefficient (Wildman–Crippen LogP) is 0.145. The lowest BCUT2D eigenvalue weighted by atomic mass is 10.2. The lowest BCUT2D eigenvalue weighted by Gasteiger charge is -2.11. The van der Waals surface area contributed by atoms with E-state index in [9.17, 15) is 14.4 Å². The molecule has 116 valence electrons. The van der Waals surface area contributed by atoms with Crippen molar-refractivity contribution in [3.63, 3.8) is 0 Å². The van der Waals surface area contributed by atoms with Gasteiger partial charge in [0, 0.05) is 26.0 Å². The lowest BCUT2D eigenvalue weighted by Crippen LogP contribution is -2.37. The highest BCUT2D eigenvalue weighted by Crippen LogP contribution is 2.20. The molecule has 1 atom stereocenters. The van der Waals surface area contributed by atoms with Gasteiger partial charge in [0.05, 0.1) is 6.04 Å². The quantitative estimate of drug-likeness (QED) is 0.674. The third-order valence-electron chi connectivity index (χ3n) is 4.16. The van der Waals surface area contributed by atoms with Crippen molar-refractivity contribution in [3.8, 4) is 0 Å². The fraction of sp³-hybridized carbons (Fsp3) is 0.429. The molecule has 0 radical (unpaired) electrons. The van der Waals surface area contributed by atoms with Gasteiger partial charge < -0.3 is 4.57 Å². The number of aromatic nitrogens is 5. The number of aryl methyl sites for hydroxylation is 2. The van der Waals surface area contributed by atoms with E-state index in [0.717, 1.165) is 10.3 Å². The highest BCUT2D eigenvalue weighted by molar-refractivity contribution is 5.81. The summed E-state index contributed by atoms with van der Waals surface area (Å²) in [5, 5.41) is 0. The van der Waals surface area contributed by atoms with Gasteiger partial charge in [0.25, 0.3) is 5.56 Å². The molecule has 0 spiro atoms. The van der Waals surface area contributed by atoms with Crippen molar-refractivity contribution in [2.45, 2.75) is 26.8 Å². The molecule has 0 amide bonds. The standard InChI is InChI=1S/C14H17N5O3/c1-7-6-18-10-11(16(4)14(22)17(5)12(10)21)15-13(18)19(7)8(2)9(3)20/h6,8H,1-5H3/t8-/m0/s1. The Labute approximate surface area is 125 Å². The Bertz CT molecular complexity index is 1050. The second-order valence-electron chi connectivity index (χ2n) is 5.59. The SMILES string of the molecule is CC(=O)[C@H](C)n1c(C)cn2c3c(=O)n(C)c(=O)n(C)c3nc12. The lowest BCUT2D eigenvalue weighted by molar-refractivity contribution is -0.119. The molecule has 0 bridgehead atoms. The number of carbonyl (C=O) groups is 1. The Morgan fingerprint density at radius 2 is 1.86 bits per heavy atom. The number of hydrogen-bond donors (Lipinski definition) is 0. The second-order valence-corrected chi connectivity index (χ2v) is 5.59. The van der Waals surface area contributed by atoms with Crippen LogP contribution in [-0.4, -0.2) is 28.9 Å². The van der Waals surface area contributed by atoms with E-state index in [1.807, 2.05) is 6.92 Å². The van der Waals surface area contributed by atoms with Gasteiger partial charge in [0.2, 0.25) is 5.78 Å². The molecule has 22 heavy (non-hydrogen) atoms. The van der Waals surface area contributed by atoms with Gasteiger partial charge in [-0.25, -0.2) is 4.79 Å². The Morgan fingerprint density at radius 3 is 2.45 bits per heavy atom. The largest absolute Gasteiger partial charge is 0.332 e. The van der Waals surface area contributed by atoms with Crippen LogP contribution in [0.25, 0.3) is 16.9 Å². The summed E-state index contributed by atoms with van der Waals surface area (Å²) in [6.45, 7) is 5.15. The Balaban J connectivity index is 2.56. The van der Waals surface area contributed by atoms with Crippen molar-refractivity contribution < 1.29 is 4.79 Å². The van der Waals surface area contributed by atoms with E-state index in [2.05, 4.69) is 4.98 Å². The molecule has 8 heteroatoms. The monoisotopic (exact) mass is 303 g/mol. The van der Waals surface area contributed by atoms with E-state index in [0.29, 0.717) is 16.9 Å².